The van der Waals surface area contributed by atoms with E-state index in [0.717, 1.165) is 24.9 Å². The fraction of sp³-hybridized carbons (Fsp3) is 0.391. The van der Waals surface area contributed by atoms with Gasteiger partial charge < -0.3 is 21.1 Å². The molecular weight excluding hydrogens is 396 g/mol. The van der Waals surface area contributed by atoms with Crippen LogP contribution in [-0.2, 0) is 6.42 Å². The zero-order chi connectivity index (χ0) is 21.1. The number of rotatable bonds is 6. The van der Waals surface area contributed by atoms with Gasteiger partial charge in [-0.1, -0.05) is 12.1 Å². The minimum atomic E-state index is -0.656. The maximum atomic E-state index is 12.6. The number of aliphatic hydroxyl groups excluding tert-OH is 1. The molecule has 0 radical (unpaired) electrons. The fourth-order valence-electron chi connectivity index (χ4n) is 3.84. The summed E-state index contributed by atoms with van der Waals surface area (Å²) in [5, 5.41) is 13.4. The Morgan fingerprint density at radius 3 is 2.63 bits per heavy atom. The molecule has 4 N–H and O–H groups in total. The summed E-state index contributed by atoms with van der Waals surface area (Å²) in [6.07, 6.45) is 3.98. The van der Waals surface area contributed by atoms with Crippen LogP contribution in [0, 0.1) is 0 Å². The van der Waals surface area contributed by atoms with E-state index in [9.17, 15) is 9.90 Å². The first kappa shape index (κ1) is 20.6. The Kier molecular flexibility index (Phi) is 6.20. The van der Waals surface area contributed by atoms with Crippen LogP contribution in [0.25, 0.3) is 10.2 Å². The predicted molar refractivity (Wildman–Crippen MR) is 123 cm³/mol. The maximum absolute atomic E-state index is 12.6. The molecule has 2 aromatic heterocycles. The molecule has 0 spiro atoms. The summed E-state index contributed by atoms with van der Waals surface area (Å²) in [7, 11) is 0. The summed E-state index contributed by atoms with van der Waals surface area (Å²) < 4.78 is 0. The van der Waals surface area contributed by atoms with Gasteiger partial charge in [0, 0.05) is 30.7 Å². The topological polar surface area (TPSA) is 91.5 Å². The zero-order valence-electron chi connectivity index (χ0n) is 17.2. The summed E-state index contributed by atoms with van der Waals surface area (Å²) in [5.41, 5.74) is 9.68. The van der Waals surface area contributed by atoms with Crippen LogP contribution in [0.4, 0.5) is 11.4 Å². The molecule has 30 heavy (non-hydrogen) atoms. The summed E-state index contributed by atoms with van der Waals surface area (Å²) in [4.78, 5) is 20.6. The number of nitrogens with zero attached hydrogens (tertiary/aromatic N) is 2. The summed E-state index contributed by atoms with van der Waals surface area (Å²) in [5.74, 6) is -0.181. The molecule has 3 heterocycles. The van der Waals surface area contributed by atoms with Gasteiger partial charge in [-0.2, -0.15) is 0 Å². The number of amides is 1. The molecule has 1 aliphatic rings. The van der Waals surface area contributed by atoms with Crippen LogP contribution < -0.4 is 16.0 Å². The number of hydrogen-bond acceptors (Lipinski definition) is 6. The highest BCUT2D eigenvalue weighted by molar-refractivity contribution is 7.21. The second kappa shape index (κ2) is 9.02. The number of nitrogens with one attached hydrogen (secondary N) is 1. The number of nitrogen functional groups attached to an aromatic ring is 1. The highest BCUT2D eigenvalue weighted by atomic mass is 32.1. The van der Waals surface area contributed by atoms with E-state index < -0.39 is 6.10 Å². The average molecular weight is 425 g/mol. The normalized spacial score (nSPS) is 15.3. The van der Waals surface area contributed by atoms with Crippen molar-refractivity contribution in [2.24, 2.45) is 0 Å². The molecule has 1 atom stereocenters. The fourth-order valence-corrected chi connectivity index (χ4v) is 4.86. The van der Waals surface area contributed by atoms with E-state index in [1.165, 1.54) is 41.9 Å². The van der Waals surface area contributed by atoms with Gasteiger partial charge in [-0.15, -0.1) is 11.3 Å². The van der Waals surface area contributed by atoms with Crippen molar-refractivity contribution in [1.82, 2.24) is 10.3 Å². The molecule has 1 fully saturated rings. The Labute approximate surface area is 180 Å². The second-order valence-corrected chi connectivity index (χ2v) is 8.83. The van der Waals surface area contributed by atoms with E-state index in [1.54, 1.807) is 13.0 Å². The van der Waals surface area contributed by atoms with Crippen LogP contribution in [-0.4, -0.2) is 35.6 Å². The number of carbonyl (C=O) groups excluding carboxylic acids is 1. The molecule has 4 rings (SSSR count). The number of aliphatic hydroxyl groups is 1. The molecule has 158 valence electrons. The second-order valence-electron chi connectivity index (χ2n) is 7.83. The number of anilines is 2. The lowest BCUT2D eigenvalue weighted by Gasteiger charge is -2.28. The number of pyridine rings is 1. The van der Waals surface area contributed by atoms with Gasteiger partial charge in [-0.05, 0) is 62.4 Å². The Bertz CT molecular complexity index is 1020. The van der Waals surface area contributed by atoms with Crippen LogP contribution in [0.15, 0.2) is 36.4 Å². The molecule has 1 saturated heterocycles. The van der Waals surface area contributed by atoms with Crippen molar-refractivity contribution < 1.29 is 9.90 Å². The molecule has 1 aromatic carbocycles. The molecule has 7 heteroatoms. The van der Waals surface area contributed by atoms with Crippen LogP contribution in [0.1, 0.15) is 53.2 Å². The van der Waals surface area contributed by atoms with Gasteiger partial charge in [0.05, 0.1) is 17.5 Å². The molecular formula is C23H28N4O2S. The van der Waals surface area contributed by atoms with Gasteiger partial charge in [-0.25, -0.2) is 4.98 Å². The number of piperidine rings is 1. The average Bonchev–Trinajstić information content (AvgIpc) is 3.11. The van der Waals surface area contributed by atoms with Gasteiger partial charge in [0.2, 0.25) is 0 Å². The van der Waals surface area contributed by atoms with Crippen molar-refractivity contribution in [3.63, 3.8) is 0 Å². The molecule has 3 aromatic rings. The third-order valence-corrected chi connectivity index (χ3v) is 6.72. The lowest BCUT2D eigenvalue weighted by molar-refractivity contribution is 0.0959. The van der Waals surface area contributed by atoms with Crippen molar-refractivity contribution in [3.8, 4) is 0 Å². The van der Waals surface area contributed by atoms with E-state index >= 15 is 0 Å². The number of carbonyl (C=O) groups is 1. The van der Waals surface area contributed by atoms with Crippen LogP contribution in [0.5, 0.6) is 0 Å². The maximum Gasteiger partial charge on any atom is 0.263 e. The summed E-state index contributed by atoms with van der Waals surface area (Å²) in [6, 6.07) is 12.2. The number of nitrogens with two attached hydrogens (primary N) is 1. The summed E-state index contributed by atoms with van der Waals surface area (Å²) in [6.45, 7) is 4.48. The minimum absolute atomic E-state index is 0.181. The highest BCUT2D eigenvalue weighted by Crippen LogP contribution is 2.33. The molecule has 0 saturated carbocycles. The standard InChI is InChI=1S/C23H28N4O2S/c1-15(28)19-10-9-18-20(24)21(30-23(18)26-19)22(29)25-12-11-16-5-7-17(8-6-16)27-13-3-2-4-14-27/h5-10,15,28H,2-4,11-14,24H2,1H3,(H,25,29)/t15-/m0/s1. The van der Waals surface area contributed by atoms with Crippen molar-refractivity contribution in [2.75, 3.05) is 30.3 Å². The van der Waals surface area contributed by atoms with E-state index in [2.05, 4.69) is 39.5 Å². The Hall–Kier alpha value is -2.64. The van der Waals surface area contributed by atoms with Crippen molar-refractivity contribution >= 4 is 38.8 Å². The van der Waals surface area contributed by atoms with Crippen LogP contribution in [0.2, 0.25) is 0 Å². The quantitative estimate of drug-likeness (QED) is 0.558. The van der Waals surface area contributed by atoms with Gasteiger partial charge in [0.1, 0.15) is 9.71 Å². The lowest BCUT2D eigenvalue weighted by atomic mass is 10.1. The van der Waals surface area contributed by atoms with E-state index in [1.807, 2.05) is 6.07 Å². The zero-order valence-corrected chi connectivity index (χ0v) is 18.0. The van der Waals surface area contributed by atoms with E-state index in [0.29, 0.717) is 27.6 Å². The van der Waals surface area contributed by atoms with Crippen molar-refractivity contribution in [2.45, 2.75) is 38.7 Å². The highest BCUT2D eigenvalue weighted by Gasteiger charge is 2.18. The number of aromatic nitrogens is 1. The first-order valence-electron chi connectivity index (χ1n) is 10.5. The SMILES string of the molecule is C[C@H](O)c1ccc2c(N)c(C(=O)NCCc3ccc(N4CCCCC4)cc3)sc2n1. The van der Waals surface area contributed by atoms with E-state index in [-0.39, 0.29) is 5.91 Å². The third kappa shape index (κ3) is 4.42. The Morgan fingerprint density at radius 2 is 1.93 bits per heavy atom. The number of benzene rings is 1. The van der Waals surface area contributed by atoms with Crippen LogP contribution in [0.3, 0.4) is 0 Å². The number of thiophene rings is 1. The first-order chi connectivity index (χ1) is 14.5. The van der Waals surface area contributed by atoms with Crippen LogP contribution >= 0.6 is 11.3 Å². The van der Waals surface area contributed by atoms with Crippen molar-refractivity contribution in [3.05, 3.63) is 52.5 Å². The Balaban J connectivity index is 1.36. The van der Waals surface area contributed by atoms with Gasteiger partial charge in [0.15, 0.2) is 0 Å². The smallest absolute Gasteiger partial charge is 0.263 e. The first-order valence-corrected chi connectivity index (χ1v) is 11.3. The molecule has 6 nitrogen and oxygen atoms in total. The molecule has 0 aliphatic carbocycles. The number of hydrogen-bond donors (Lipinski definition) is 3. The summed E-state index contributed by atoms with van der Waals surface area (Å²) >= 11 is 1.26. The molecule has 1 aliphatic heterocycles. The minimum Gasteiger partial charge on any atom is -0.397 e. The predicted octanol–water partition coefficient (Wildman–Crippen LogP) is 3.89. The van der Waals surface area contributed by atoms with E-state index in [4.69, 9.17) is 5.73 Å². The molecule has 0 unspecified atom stereocenters. The number of fused-ring (bicyclic) bond motifs is 1. The molecule has 0 bridgehead atoms. The van der Waals surface area contributed by atoms with Gasteiger partial charge in [-0.3, -0.25) is 4.79 Å². The van der Waals surface area contributed by atoms with Gasteiger partial charge >= 0.3 is 0 Å². The largest absolute Gasteiger partial charge is 0.397 e. The molecule has 1 amide bonds. The van der Waals surface area contributed by atoms with Gasteiger partial charge in [0.25, 0.3) is 5.91 Å². The lowest BCUT2D eigenvalue weighted by Crippen LogP contribution is -2.29. The third-order valence-electron chi connectivity index (χ3n) is 5.61. The van der Waals surface area contributed by atoms with Crippen molar-refractivity contribution in [1.29, 1.82) is 0 Å². The Morgan fingerprint density at radius 1 is 1.20 bits per heavy atom. The monoisotopic (exact) mass is 424 g/mol.